The van der Waals surface area contributed by atoms with E-state index in [1.54, 1.807) is 11.3 Å². The van der Waals surface area contributed by atoms with E-state index in [9.17, 15) is 0 Å². The van der Waals surface area contributed by atoms with Crippen molar-refractivity contribution >= 4 is 28.0 Å². The van der Waals surface area contributed by atoms with Gasteiger partial charge in [0.25, 0.3) is 0 Å². The zero-order valence-corrected chi connectivity index (χ0v) is 18.5. The number of nitrogens with zero attached hydrogens (tertiary/aromatic N) is 4. The second-order valence-electron chi connectivity index (χ2n) is 7.82. The summed E-state index contributed by atoms with van der Waals surface area (Å²) in [7, 11) is 0. The second-order valence-corrected chi connectivity index (χ2v) is 8.65. The van der Waals surface area contributed by atoms with Crippen molar-refractivity contribution in [1.29, 1.82) is 0 Å². The average Bonchev–Trinajstić information content (AvgIpc) is 3.47. The summed E-state index contributed by atoms with van der Waals surface area (Å²) in [5.74, 6) is 0.877. The van der Waals surface area contributed by atoms with Gasteiger partial charge >= 0.3 is 0 Å². The molecule has 0 bridgehead atoms. The predicted molar refractivity (Wildman–Crippen MR) is 126 cm³/mol. The van der Waals surface area contributed by atoms with E-state index in [0.717, 1.165) is 52.4 Å². The van der Waals surface area contributed by atoms with Crippen LogP contribution in [-0.4, -0.2) is 14.1 Å². The summed E-state index contributed by atoms with van der Waals surface area (Å²) in [6.45, 7) is 5.97. The molecule has 6 heteroatoms. The molecule has 31 heavy (non-hydrogen) atoms. The van der Waals surface area contributed by atoms with Gasteiger partial charge in [-0.25, -0.2) is 9.98 Å². The van der Waals surface area contributed by atoms with Gasteiger partial charge in [0.2, 0.25) is 0 Å². The van der Waals surface area contributed by atoms with Gasteiger partial charge in [-0.15, -0.1) is 11.3 Å². The van der Waals surface area contributed by atoms with Gasteiger partial charge in [-0.05, 0) is 55.7 Å². The van der Waals surface area contributed by atoms with Gasteiger partial charge in [-0.2, -0.15) is 0 Å². The molecule has 3 aromatic heterocycles. The summed E-state index contributed by atoms with van der Waals surface area (Å²) >= 11 is 1.65. The molecule has 0 saturated heterocycles. The number of thiazole rings is 1. The summed E-state index contributed by atoms with van der Waals surface area (Å²) in [6.07, 6.45) is 6.65. The Hall–Kier alpha value is -3.38. The minimum atomic E-state index is 0.845. The maximum Gasteiger partial charge on any atom is 0.190 e. The maximum atomic E-state index is 6.18. The average molecular weight is 429 g/mol. The zero-order valence-electron chi connectivity index (χ0n) is 17.7. The van der Waals surface area contributed by atoms with Gasteiger partial charge in [-0.3, -0.25) is 0 Å². The molecule has 0 aliphatic rings. The van der Waals surface area contributed by atoms with Crippen LogP contribution >= 0.6 is 11.3 Å². The van der Waals surface area contributed by atoms with E-state index >= 15 is 0 Å². The van der Waals surface area contributed by atoms with E-state index < -0.39 is 0 Å². The van der Waals surface area contributed by atoms with Crippen LogP contribution in [0.1, 0.15) is 17.5 Å². The molecule has 0 aliphatic heterocycles. The van der Waals surface area contributed by atoms with E-state index in [1.165, 1.54) is 11.1 Å². The molecular weight excluding hydrogens is 404 g/mol. The molecule has 0 radical (unpaired) electrons. The Labute approximate surface area is 185 Å². The van der Waals surface area contributed by atoms with Crippen LogP contribution in [0.3, 0.4) is 0 Å². The van der Waals surface area contributed by atoms with Crippen LogP contribution < -0.4 is 4.80 Å². The number of para-hydroxylation sites is 1. The third-order valence-corrected chi connectivity index (χ3v) is 6.13. The lowest BCUT2D eigenvalue weighted by Gasteiger charge is -2.08. The first-order valence-electron chi connectivity index (χ1n) is 10.4. The highest BCUT2D eigenvalue weighted by molar-refractivity contribution is 7.07. The molecule has 2 aromatic carbocycles. The topological polar surface area (TPSA) is 48.2 Å². The Balaban J connectivity index is 1.56. The summed E-state index contributed by atoms with van der Waals surface area (Å²) in [6, 6.07) is 16.7. The quantitative estimate of drug-likeness (QED) is 0.328. The van der Waals surface area contributed by atoms with Crippen molar-refractivity contribution in [3.8, 4) is 11.5 Å². The molecule has 0 amide bonds. The Morgan fingerprint density at radius 2 is 1.87 bits per heavy atom. The third kappa shape index (κ3) is 4.25. The summed E-state index contributed by atoms with van der Waals surface area (Å²) < 4.78 is 10.6. The van der Waals surface area contributed by atoms with Crippen molar-refractivity contribution in [3.63, 3.8) is 0 Å². The highest BCUT2D eigenvalue weighted by Crippen LogP contribution is 2.28. The molecule has 0 fully saturated rings. The lowest BCUT2D eigenvalue weighted by Crippen LogP contribution is -2.17. The van der Waals surface area contributed by atoms with Crippen molar-refractivity contribution in [1.82, 2.24) is 14.1 Å². The normalized spacial score (nSPS) is 12.1. The Kier molecular flexibility index (Phi) is 5.30. The second kappa shape index (κ2) is 8.40. The van der Waals surface area contributed by atoms with Gasteiger partial charge < -0.3 is 13.6 Å². The molecule has 0 saturated carbocycles. The minimum absolute atomic E-state index is 0.845. The summed E-state index contributed by atoms with van der Waals surface area (Å²) in [4.78, 5) is 10.1. The van der Waals surface area contributed by atoms with Crippen LogP contribution in [0, 0.1) is 13.8 Å². The number of benzene rings is 2. The van der Waals surface area contributed by atoms with Crippen LogP contribution in [0.4, 0.5) is 5.69 Å². The van der Waals surface area contributed by atoms with Gasteiger partial charge in [0.1, 0.15) is 5.58 Å². The third-order valence-electron chi connectivity index (χ3n) is 5.26. The fourth-order valence-corrected chi connectivity index (χ4v) is 4.83. The van der Waals surface area contributed by atoms with Gasteiger partial charge in [0.05, 0.1) is 17.7 Å². The van der Waals surface area contributed by atoms with E-state index in [1.807, 2.05) is 36.9 Å². The first-order valence-corrected chi connectivity index (χ1v) is 11.3. The molecule has 3 heterocycles. The molecule has 0 N–H and O–H groups in total. The first-order chi connectivity index (χ1) is 15.2. The highest BCUT2D eigenvalue weighted by atomic mass is 32.1. The van der Waals surface area contributed by atoms with E-state index in [4.69, 9.17) is 9.41 Å². The highest BCUT2D eigenvalue weighted by Gasteiger charge is 2.13. The lowest BCUT2D eigenvalue weighted by molar-refractivity contribution is 0.549. The number of hydrogen-bond acceptors (Lipinski definition) is 4. The van der Waals surface area contributed by atoms with Crippen LogP contribution in [0.2, 0.25) is 0 Å². The van der Waals surface area contributed by atoms with Crippen molar-refractivity contribution in [2.45, 2.75) is 33.4 Å². The van der Waals surface area contributed by atoms with Gasteiger partial charge in [0.15, 0.2) is 10.6 Å². The molecule has 0 aliphatic carbocycles. The number of aryl methyl sites for hydroxylation is 3. The van der Waals surface area contributed by atoms with Gasteiger partial charge in [0, 0.05) is 36.2 Å². The smallest absolute Gasteiger partial charge is 0.190 e. The largest absolute Gasteiger partial charge is 0.454 e. The molecule has 0 unspecified atom stereocenters. The molecular formula is C25H24N4OS. The van der Waals surface area contributed by atoms with E-state index in [-0.39, 0.29) is 0 Å². The molecule has 5 aromatic rings. The number of hydrogen-bond donors (Lipinski definition) is 0. The lowest BCUT2D eigenvalue weighted by atomic mass is 10.1. The van der Waals surface area contributed by atoms with E-state index in [0.29, 0.717) is 0 Å². The molecule has 5 nitrogen and oxygen atoms in total. The number of fused-ring (bicyclic) bond motifs is 1. The molecule has 0 spiro atoms. The van der Waals surface area contributed by atoms with Crippen molar-refractivity contribution in [2.24, 2.45) is 4.99 Å². The fraction of sp³-hybridized carbons (Fsp3) is 0.200. The Morgan fingerprint density at radius 3 is 2.65 bits per heavy atom. The Bertz CT molecular complexity index is 1340. The van der Waals surface area contributed by atoms with Crippen LogP contribution in [0.15, 0.2) is 82.0 Å². The van der Waals surface area contributed by atoms with E-state index in [2.05, 4.69) is 63.7 Å². The van der Waals surface area contributed by atoms with Crippen molar-refractivity contribution in [3.05, 3.63) is 88.6 Å². The van der Waals surface area contributed by atoms with Gasteiger partial charge in [-0.1, -0.05) is 24.3 Å². The summed E-state index contributed by atoms with van der Waals surface area (Å²) in [5.41, 5.74) is 5.40. The van der Waals surface area contributed by atoms with Crippen LogP contribution in [0.5, 0.6) is 0 Å². The number of rotatable bonds is 6. The number of furan rings is 1. The zero-order chi connectivity index (χ0) is 21.2. The molecule has 156 valence electrons. The monoisotopic (exact) mass is 428 g/mol. The molecule has 0 atom stereocenters. The maximum absolute atomic E-state index is 6.18. The molecule has 5 rings (SSSR count). The minimum Gasteiger partial charge on any atom is -0.454 e. The number of aromatic nitrogens is 3. The number of imidazole rings is 1. The Morgan fingerprint density at radius 1 is 1.03 bits per heavy atom. The van der Waals surface area contributed by atoms with Crippen LogP contribution in [-0.2, 0) is 13.1 Å². The summed E-state index contributed by atoms with van der Waals surface area (Å²) in [5, 5.41) is 3.26. The fourth-order valence-electron chi connectivity index (χ4n) is 3.90. The van der Waals surface area contributed by atoms with Crippen LogP contribution in [0.25, 0.3) is 22.4 Å². The van der Waals surface area contributed by atoms with Crippen molar-refractivity contribution in [2.75, 3.05) is 0 Å². The first kappa shape index (κ1) is 19.6. The SMILES string of the molecule is Cc1cc(C)cc(N=c2scc(-c3cc4ccccc4o3)n2CCCn2ccnc2)c1. The standard InChI is InChI=1S/C25H24N4OS/c1-18-12-19(2)14-21(13-18)27-25-29(10-5-9-28-11-8-26-17-28)22(16-31-25)24-15-20-6-3-4-7-23(20)30-24/h3-4,6-8,11-17H,5,9-10H2,1-2H3. The predicted octanol–water partition coefficient (Wildman–Crippen LogP) is 6.10. The van der Waals surface area contributed by atoms with Crippen molar-refractivity contribution < 1.29 is 4.42 Å².